The second kappa shape index (κ2) is 9.82. The number of aliphatic hydroxyl groups excluding tert-OH is 1. The van der Waals surface area contributed by atoms with Gasteiger partial charge in [-0.15, -0.1) is 5.10 Å². The first-order valence-electron chi connectivity index (χ1n) is 13.2. The van der Waals surface area contributed by atoms with Crippen LogP contribution in [0.15, 0.2) is 61.3 Å². The second-order valence-corrected chi connectivity index (χ2v) is 10.3. The van der Waals surface area contributed by atoms with E-state index in [9.17, 15) is 5.11 Å². The van der Waals surface area contributed by atoms with Crippen LogP contribution in [0.3, 0.4) is 0 Å². The lowest BCUT2D eigenvalue weighted by atomic mass is 9.86. The van der Waals surface area contributed by atoms with Gasteiger partial charge in [-0.2, -0.15) is 0 Å². The fraction of sp³-hybridized carbons (Fsp3) is 0.323. The number of hydrogen-bond donors (Lipinski definition) is 1. The van der Waals surface area contributed by atoms with Crippen LogP contribution in [0.4, 0.5) is 0 Å². The predicted octanol–water partition coefficient (Wildman–Crippen LogP) is 5.83. The highest BCUT2D eigenvalue weighted by molar-refractivity contribution is 6.09. The van der Waals surface area contributed by atoms with E-state index in [0.29, 0.717) is 5.92 Å². The average molecular weight is 508 g/mol. The van der Waals surface area contributed by atoms with E-state index in [0.717, 1.165) is 81.6 Å². The van der Waals surface area contributed by atoms with Gasteiger partial charge < -0.3 is 14.4 Å². The summed E-state index contributed by atoms with van der Waals surface area (Å²) < 4.78 is 10.0. The standard InChI is InChI=1S/C31H33N5O2/c1-19(2)24-10-11-25-28-27(16-23(17-32-28)29-20(3)33-34-35(29)4)36(31(25)26(24)18-37)30(21-8-6-5-7-9-21)22-12-14-38-15-13-22/h5-11,16-17,22,30,37H,1,12-15,18H2,2-4H3. The maximum absolute atomic E-state index is 10.7. The molecule has 7 nitrogen and oxygen atoms in total. The number of nitrogens with zero attached hydrogens (tertiary/aromatic N) is 5. The number of aromatic nitrogens is 5. The van der Waals surface area contributed by atoms with Crippen LogP contribution in [-0.2, 0) is 18.4 Å². The maximum Gasteiger partial charge on any atom is 0.0960 e. The molecule has 1 fully saturated rings. The molecular formula is C31H33N5O2. The van der Waals surface area contributed by atoms with Gasteiger partial charge in [-0.05, 0) is 55.9 Å². The van der Waals surface area contributed by atoms with E-state index in [1.165, 1.54) is 5.56 Å². The van der Waals surface area contributed by atoms with Gasteiger partial charge in [0.2, 0.25) is 0 Å². The molecule has 1 saturated heterocycles. The third kappa shape index (κ3) is 3.94. The molecule has 7 heteroatoms. The molecule has 6 rings (SSSR count). The zero-order chi connectivity index (χ0) is 26.4. The third-order valence-electron chi connectivity index (χ3n) is 7.92. The Kier molecular flexibility index (Phi) is 6.33. The van der Waals surface area contributed by atoms with E-state index in [-0.39, 0.29) is 12.6 Å². The minimum atomic E-state index is -0.0806. The number of pyridine rings is 1. The summed E-state index contributed by atoms with van der Waals surface area (Å²) in [5.74, 6) is 0.369. The van der Waals surface area contributed by atoms with Gasteiger partial charge in [-0.25, -0.2) is 4.68 Å². The van der Waals surface area contributed by atoms with E-state index >= 15 is 0 Å². The lowest BCUT2D eigenvalue weighted by Gasteiger charge is -2.33. The van der Waals surface area contributed by atoms with Crippen LogP contribution >= 0.6 is 0 Å². The third-order valence-corrected chi connectivity index (χ3v) is 7.92. The largest absolute Gasteiger partial charge is 0.392 e. The van der Waals surface area contributed by atoms with Crippen LogP contribution in [0.1, 0.15) is 48.2 Å². The second-order valence-electron chi connectivity index (χ2n) is 10.3. The molecule has 0 bridgehead atoms. The van der Waals surface area contributed by atoms with Crippen molar-refractivity contribution in [3.63, 3.8) is 0 Å². The van der Waals surface area contributed by atoms with Crippen LogP contribution in [-0.4, -0.2) is 42.9 Å². The van der Waals surface area contributed by atoms with Crippen LogP contribution in [0.25, 0.3) is 38.8 Å². The van der Waals surface area contributed by atoms with E-state index in [2.05, 4.69) is 70.0 Å². The minimum absolute atomic E-state index is 0.0496. The van der Waals surface area contributed by atoms with Crippen molar-refractivity contribution < 1.29 is 9.84 Å². The number of allylic oxidation sites excluding steroid dienone is 1. The zero-order valence-corrected chi connectivity index (χ0v) is 22.2. The Hall–Kier alpha value is -3.81. The van der Waals surface area contributed by atoms with E-state index in [4.69, 9.17) is 9.72 Å². The Morgan fingerprint density at radius 1 is 1.16 bits per heavy atom. The molecule has 1 unspecified atom stereocenters. The van der Waals surface area contributed by atoms with Crippen LogP contribution in [0.2, 0.25) is 0 Å². The van der Waals surface area contributed by atoms with Gasteiger partial charge in [0.05, 0.1) is 40.6 Å². The average Bonchev–Trinajstić information content (AvgIpc) is 3.45. The highest BCUT2D eigenvalue weighted by Crippen LogP contribution is 2.43. The minimum Gasteiger partial charge on any atom is -0.392 e. The molecule has 0 amide bonds. The number of aryl methyl sites for hydroxylation is 2. The van der Waals surface area contributed by atoms with Gasteiger partial charge in [-0.1, -0.05) is 53.8 Å². The molecule has 0 spiro atoms. The molecule has 0 radical (unpaired) electrons. The molecular weight excluding hydrogens is 474 g/mol. The number of fused-ring (bicyclic) bond motifs is 3. The molecule has 5 aromatic rings. The summed E-state index contributed by atoms with van der Waals surface area (Å²) in [6.07, 6.45) is 3.84. The number of benzene rings is 2. The number of rotatable bonds is 6. The van der Waals surface area contributed by atoms with Crippen LogP contribution < -0.4 is 0 Å². The normalized spacial score (nSPS) is 15.4. The van der Waals surface area contributed by atoms with Crippen molar-refractivity contribution in [1.29, 1.82) is 0 Å². The summed E-state index contributed by atoms with van der Waals surface area (Å²) in [7, 11) is 1.91. The first-order chi connectivity index (χ1) is 18.5. The molecule has 0 saturated carbocycles. The van der Waals surface area contributed by atoms with E-state index < -0.39 is 0 Å². The fourth-order valence-electron chi connectivity index (χ4n) is 6.22. The lowest BCUT2D eigenvalue weighted by Crippen LogP contribution is -2.27. The highest BCUT2D eigenvalue weighted by Gasteiger charge is 2.31. The van der Waals surface area contributed by atoms with Gasteiger partial charge >= 0.3 is 0 Å². The van der Waals surface area contributed by atoms with Crippen molar-refractivity contribution in [3.05, 3.63) is 83.7 Å². The van der Waals surface area contributed by atoms with Crippen molar-refractivity contribution in [2.75, 3.05) is 13.2 Å². The maximum atomic E-state index is 10.7. The summed E-state index contributed by atoms with van der Waals surface area (Å²) in [6.45, 7) is 9.60. The van der Waals surface area contributed by atoms with Gasteiger partial charge in [0.25, 0.3) is 0 Å². The fourth-order valence-corrected chi connectivity index (χ4v) is 6.22. The molecule has 4 heterocycles. The summed E-state index contributed by atoms with van der Waals surface area (Å²) in [5.41, 5.74) is 9.80. The number of hydrogen-bond acceptors (Lipinski definition) is 5. The highest BCUT2D eigenvalue weighted by atomic mass is 16.5. The van der Waals surface area contributed by atoms with Gasteiger partial charge in [0.15, 0.2) is 0 Å². The van der Waals surface area contributed by atoms with Crippen molar-refractivity contribution in [2.24, 2.45) is 13.0 Å². The molecule has 2 aromatic carbocycles. The quantitative estimate of drug-likeness (QED) is 0.313. The summed E-state index contributed by atoms with van der Waals surface area (Å²) in [6, 6.07) is 17.2. The number of ether oxygens (including phenoxy) is 1. The smallest absolute Gasteiger partial charge is 0.0960 e. The predicted molar refractivity (Wildman–Crippen MR) is 151 cm³/mol. The lowest BCUT2D eigenvalue weighted by molar-refractivity contribution is 0.0552. The first kappa shape index (κ1) is 24.5. The van der Waals surface area contributed by atoms with Crippen molar-refractivity contribution in [2.45, 2.75) is 39.3 Å². The molecule has 1 aliphatic heterocycles. The Balaban J connectivity index is 1.74. The van der Waals surface area contributed by atoms with Gasteiger partial charge in [0.1, 0.15) is 0 Å². The molecule has 1 aliphatic rings. The monoisotopic (exact) mass is 507 g/mol. The van der Waals surface area contributed by atoms with E-state index in [1.54, 1.807) is 4.68 Å². The Morgan fingerprint density at radius 2 is 1.92 bits per heavy atom. The Bertz CT molecular complexity index is 1620. The van der Waals surface area contributed by atoms with Gasteiger partial charge in [-0.3, -0.25) is 4.98 Å². The molecule has 0 aliphatic carbocycles. The van der Waals surface area contributed by atoms with Crippen molar-refractivity contribution in [1.82, 2.24) is 24.5 Å². The van der Waals surface area contributed by atoms with Crippen molar-refractivity contribution in [3.8, 4) is 11.3 Å². The molecule has 194 valence electrons. The van der Waals surface area contributed by atoms with Crippen LogP contribution in [0.5, 0.6) is 0 Å². The SMILES string of the molecule is C=C(C)c1ccc2c3ncc(-c4c(C)nnn4C)cc3n(C(c3ccccc3)C3CCOCC3)c2c1CO. The van der Waals surface area contributed by atoms with Crippen LogP contribution in [0, 0.1) is 12.8 Å². The topological polar surface area (TPSA) is 78.0 Å². The molecule has 1 N–H and O–H groups in total. The Morgan fingerprint density at radius 3 is 2.58 bits per heavy atom. The molecule has 3 aromatic heterocycles. The Labute approximate surface area is 222 Å². The van der Waals surface area contributed by atoms with E-state index in [1.807, 2.05) is 27.1 Å². The first-order valence-corrected chi connectivity index (χ1v) is 13.2. The summed E-state index contributed by atoms with van der Waals surface area (Å²) >= 11 is 0. The molecule has 1 atom stereocenters. The van der Waals surface area contributed by atoms with Crippen molar-refractivity contribution >= 4 is 27.5 Å². The summed E-state index contributed by atoms with van der Waals surface area (Å²) in [5, 5.41) is 20.3. The van der Waals surface area contributed by atoms with Gasteiger partial charge in [0, 0.05) is 43.0 Å². The molecule has 38 heavy (non-hydrogen) atoms. The number of aliphatic hydroxyl groups is 1. The zero-order valence-electron chi connectivity index (χ0n) is 22.2. The summed E-state index contributed by atoms with van der Waals surface area (Å²) in [4.78, 5) is 5.02.